The summed E-state index contributed by atoms with van der Waals surface area (Å²) in [6, 6.07) is 52.6. The zero-order valence-electron chi connectivity index (χ0n) is 39.1. The van der Waals surface area contributed by atoms with Gasteiger partial charge in [0.15, 0.2) is 7.28 Å². The molecule has 7 aromatic rings. The van der Waals surface area contributed by atoms with Gasteiger partial charge in [-0.3, -0.25) is 0 Å². The molecular formula is C60H62BN2. The topological polar surface area (TPSA) is 15.3 Å². The summed E-state index contributed by atoms with van der Waals surface area (Å²) in [5.41, 5.74) is 24.6. The molecule has 0 atom stereocenters. The Balaban J connectivity index is 1.20. The lowest BCUT2D eigenvalue weighted by atomic mass is 9.57. The van der Waals surface area contributed by atoms with E-state index in [-0.39, 0.29) is 21.7 Å². The molecule has 0 bridgehead atoms. The van der Waals surface area contributed by atoms with Gasteiger partial charge in [0.1, 0.15) is 0 Å². The van der Waals surface area contributed by atoms with E-state index in [0.717, 1.165) is 24.2 Å². The summed E-state index contributed by atoms with van der Waals surface area (Å²) in [6.07, 6.45) is 4.69. The van der Waals surface area contributed by atoms with E-state index < -0.39 is 0 Å². The first-order valence-electron chi connectivity index (χ1n) is 23.3. The van der Waals surface area contributed by atoms with Crippen LogP contribution in [-0.4, -0.2) is 7.28 Å². The van der Waals surface area contributed by atoms with Crippen molar-refractivity contribution in [2.24, 2.45) is 0 Å². The number of aryl methyl sites for hydroxylation is 2. The van der Waals surface area contributed by atoms with Crippen molar-refractivity contribution in [2.45, 2.75) is 117 Å². The van der Waals surface area contributed by atoms with Gasteiger partial charge in [0.2, 0.25) is 0 Å². The highest BCUT2D eigenvalue weighted by Gasteiger charge is 2.41. The van der Waals surface area contributed by atoms with Crippen LogP contribution in [0.2, 0.25) is 0 Å². The van der Waals surface area contributed by atoms with Gasteiger partial charge in [-0.25, -0.2) is 0 Å². The third-order valence-corrected chi connectivity index (χ3v) is 15.2. The van der Waals surface area contributed by atoms with Crippen molar-refractivity contribution in [2.75, 3.05) is 10.2 Å². The van der Waals surface area contributed by atoms with Crippen LogP contribution in [0.3, 0.4) is 0 Å². The van der Waals surface area contributed by atoms with E-state index in [1.54, 1.807) is 0 Å². The molecule has 3 heteroatoms. The largest absolute Gasteiger partial charge is 0.355 e. The lowest BCUT2D eigenvalue weighted by Crippen LogP contribution is -2.41. The van der Waals surface area contributed by atoms with Crippen LogP contribution in [0.5, 0.6) is 0 Å². The molecule has 0 amide bonds. The summed E-state index contributed by atoms with van der Waals surface area (Å²) in [5, 5.41) is 4.01. The number of benzene rings is 7. The molecule has 0 unspecified atom stereocenters. The number of anilines is 5. The van der Waals surface area contributed by atoms with E-state index in [2.05, 4.69) is 226 Å². The fourth-order valence-electron chi connectivity index (χ4n) is 11.0. The minimum absolute atomic E-state index is 0.0519. The Morgan fingerprint density at radius 2 is 0.952 bits per heavy atom. The average molecular weight is 822 g/mol. The van der Waals surface area contributed by atoms with E-state index in [1.807, 2.05) is 0 Å². The molecule has 0 saturated heterocycles. The third kappa shape index (κ3) is 7.22. The lowest BCUT2D eigenvalue weighted by Gasteiger charge is -2.44. The first kappa shape index (κ1) is 41.2. The Bertz CT molecular complexity index is 2900. The minimum Gasteiger partial charge on any atom is -0.355 e. The molecule has 63 heavy (non-hydrogen) atoms. The van der Waals surface area contributed by atoms with E-state index in [4.69, 9.17) is 0 Å². The quantitative estimate of drug-likeness (QED) is 0.168. The first-order valence-corrected chi connectivity index (χ1v) is 23.3. The molecule has 2 nitrogen and oxygen atoms in total. The number of hydrogen-bond donors (Lipinski definition) is 1. The van der Waals surface area contributed by atoms with Crippen molar-refractivity contribution in [3.63, 3.8) is 0 Å². The van der Waals surface area contributed by atoms with E-state index >= 15 is 0 Å². The summed E-state index contributed by atoms with van der Waals surface area (Å²) < 4.78 is 0. The van der Waals surface area contributed by atoms with Crippen LogP contribution in [0, 0.1) is 13.8 Å². The van der Waals surface area contributed by atoms with Crippen molar-refractivity contribution in [3.8, 4) is 33.4 Å². The maximum atomic E-state index is 4.01. The molecule has 0 saturated carbocycles. The van der Waals surface area contributed by atoms with E-state index in [9.17, 15) is 0 Å². The maximum Gasteiger partial charge on any atom is 0.197 e. The average Bonchev–Trinajstić information content (AvgIpc) is 3.27. The number of nitrogens with one attached hydrogen (secondary N) is 1. The van der Waals surface area contributed by atoms with Gasteiger partial charge < -0.3 is 10.2 Å². The second-order valence-corrected chi connectivity index (χ2v) is 21.6. The van der Waals surface area contributed by atoms with Crippen LogP contribution >= 0.6 is 0 Å². The predicted molar refractivity (Wildman–Crippen MR) is 272 cm³/mol. The number of nitrogens with zero attached hydrogens (tertiary/aromatic N) is 1. The molecule has 1 aliphatic heterocycles. The van der Waals surface area contributed by atoms with Crippen molar-refractivity contribution < 1.29 is 0 Å². The molecule has 10 rings (SSSR count). The summed E-state index contributed by atoms with van der Waals surface area (Å²) in [4.78, 5) is 2.61. The van der Waals surface area contributed by atoms with Crippen LogP contribution < -0.4 is 21.1 Å². The Labute approximate surface area is 378 Å². The second kappa shape index (κ2) is 14.9. The maximum absolute atomic E-state index is 4.01. The normalized spacial score (nSPS) is 17.4. The van der Waals surface area contributed by atoms with Crippen LogP contribution in [0.1, 0.15) is 114 Å². The van der Waals surface area contributed by atoms with Gasteiger partial charge >= 0.3 is 0 Å². The van der Waals surface area contributed by atoms with Crippen LogP contribution in [0.25, 0.3) is 33.4 Å². The van der Waals surface area contributed by atoms with Gasteiger partial charge in [0, 0.05) is 34.0 Å². The van der Waals surface area contributed by atoms with Crippen molar-refractivity contribution in [1.82, 2.24) is 0 Å². The van der Waals surface area contributed by atoms with Gasteiger partial charge in [-0.1, -0.05) is 158 Å². The molecule has 2 aliphatic carbocycles. The fourth-order valence-corrected chi connectivity index (χ4v) is 11.0. The number of rotatable bonds is 6. The molecule has 0 fully saturated rings. The summed E-state index contributed by atoms with van der Waals surface area (Å²) in [5.74, 6) is 0. The van der Waals surface area contributed by atoms with E-state index in [0.29, 0.717) is 0 Å². The fraction of sp³-hybridized carbons (Fsp3) is 0.300. The minimum atomic E-state index is 0.0519. The van der Waals surface area contributed by atoms with Crippen molar-refractivity contribution in [3.05, 3.63) is 173 Å². The van der Waals surface area contributed by atoms with Gasteiger partial charge in [-0.05, 0) is 170 Å². The SMILES string of the molecule is Cc1cc(-c2cc3c(cc2Nc2ccc(-c4ccccc4)cc2)C(C)(C)CCC3(C)C)c2c(c1)N(c1cc3c(cc1C)C(C)(C)CCC3(C)C)c1cc(-c3ccccc3)ccc1[B]2. The van der Waals surface area contributed by atoms with Crippen molar-refractivity contribution >= 4 is 46.6 Å². The number of hydrogen-bond acceptors (Lipinski definition) is 2. The van der Waals surface area contributed by atoms with Gasteiger partial charge in [-0.2, -0.15) is 0 Å². The highest BCUT2D eigenvalue weighted by Crippen LogP contribution is 2.52. The van der Waals surface area contributed by atoms with Gasteiger partial charge in [0.05, 0.1) is 0 Å². The van der Waals surface area contributed by atoms with Gasteiger partial charge in [0.25, 0.3) is 0 Å². The molecule has 1 heterocycles. The monoisotopic (exact) mass is 822 g/mol. The highest BCUT2D eigenvalue weighted by atomic mass is 15.2. The van der Waals surface area contributed by atoms with Crippen LogP contribution in [-0.2, 0) is 21.7 Å². The molecule has 1 radical (unpaired) electrons. The van der Waals surface area contributed by atoms with Gasteiger partial charge in [-0.15, -0.1) is 0 Å². The Kier molecular flexibility index (Phi) is 9.75. The van der Waals surface area contributed by atoms with E-state index in [1.165, 1.54) is 108 Å². The molecule has 315 valence electrons. The lowest BCUT2D eigenvalue weighted by molar-refractivity contribution is 0.332. The Morgan fingerprint density at radius 3 is 1.56 bits per heavy atom. The third-order valence-electron chi connectivity index (χ3n) is 15.2. The summed E-state index contributed by atoms with van der Waals surface area (Å²) >= 11 is 0. The Hall–Kier alpha value is -5.80. The molecule has 7 aromatic carbocycles. The van der Waals surface area contributed by atoms with Crippen LogP contribution in [0.15, 0.2) is 140 Å². The molecule has 3 aliphatic rings. The molecular weight excluding hydrogens is 759 g/mol. The highest BCUT2D eigenvalue weighted by molar-refractivity contribution is 6.73. The second-order valence-electron chi connectivity index (χ2n) is 21.6. The summed E-state index contributed by atoms with van der Waals surface area (Å²) in [6.45, 7) is 24.1. The first-order chi connectivity index (χ1) is 30.0. The number of fused-ring (bicyclic) bond motifs is 4. The van der Waals surface area contributed by atoms with Crippen molar-refractivity contribution in [1.29, 1.82) is 0 Å². The van der Waals surface area contributed by atoms with Crippen LogP contribution in [0.4, 0.5) is 28.4 Å². The summed E-state index contributed by atoms with van der Waals surface area (Å²) in [7, 11) is 2.47. The predicted octanol–water partition coefficient (Wildman–Crippen LogP) is 15.2. The Morgan fingerprint density at radius 1 is 0.444 bits per heavy atom. The smallest absolute Gasteiger partial charge is 0.197 e. The molecule has 0 spiro atoms. The zero-order chi connectivity index (χ0) is 44.1. The standard InChI is InChI=1S/C60H62BN2/c1-38-31-46(45-35-48-49(59(7,8)29-28-58(48,5)6)36-52(45)62-44-24-21-42(22-25-44)40-17-13-11-14-18-40)56-55(32-38)63(54-34-43(23-26-51(54)61-56)41-19-15-12-16-20-41)53-37-50-47(33-39(53)2)57(3,4)27-30-60(50,9)10/h11-26,31-37,62H,27-30H2,1-10H3. The molecule has 1 N–H and O–H groups in total. The zero-order valence-corrected chi connectivity index (χ0v) is 39.1. The molecule has 0 aromatic heterocycles.